The first-order valence-electron chi connectivity index (χ1n) is 5.52. The molecule has 1 fully saturated rings. The fraction of sp³-hybridized carbons (Fsp3) is 0.818. The van der Waals surface area contributed by atoms with Crippen molar-refractivity contribution in [3.63, 3.8) is 0 Å². The lowest BCUT2D eigenvalue weighted by atomic mass is 10.1. The quantitative estimate of drug-likeness (QED) is 0.646. The predicted octanol–water partition coefficient (Wildman–Crippen LogP) is 1.39. The summed E-state index contributed by atoms with van der Waals surface area (Å²) in [6.07, 6.45) is 8.46. The Morgan fingerprint density at radius 3 is 2.85 bits per heavy atom. The first-order valence-corrected chi connectivity index (χ1v) is 5.52. The fourth-order valence-corrected chi connectivity index (χ4v) is 2.36. The summed E-state index contributed by atoms with van der Waals surface area (Å²) >= 11 is 0. The Bertz CT molecular complexity index is 181. The van der Waals surface area contributed by atoms with Gasteiger partial charge in [-0.1, -0.05) is 19.1 Å². The van der Waals surface area contributed by atoms with Crippen molar-refractivity contribution in [2.45, 2.75) is 38.3 Å². The van der Waals surface area contributed by atoms with Crippen LogP contribution < -0.4 is 5.32 Å². The molecule has 2 rings (SSSR count). The second-order valence-corrected chi connectivity index (χ2v) is 4.15. The van der Waals surface area contributed by atoms with Crippen molar-refractivity contribution in [2.24, 2.45) is 0 Å². The molecule has 0 aromatic heterocycles. The standard InChI is InChI=1S/C11H20N2/c1-2-10-9-13(8-7-12-10)11-5-3-4-6-11/h3-4,10-12H,2,5-9H2,1H3. The Morgan fingerprint density at radius 1 is 1.38 bits per heavy atom. The highest BCUT2D eigenvalue weighted by Gasteiger charge is 2.24. The molecule has 0 aromatic rings. The van der Waals surface area contributed by atoms with Crippen LogP contribution in [0.25, 0.3) is 0 Å². The summed E-state index contributed by atoms with van der Waals surface area (Å²) in [4.78, 5) is 2.66. The van der Waals surface area contributed by atoms with E-state index in [1.54, 1.807) is 0 Å². The van der Waals surface area contributed by atoms with E-state index in [2.05, 4.69) is 29.3 Å². The van der Waals surface area contributed by atoms with E-state index in [0.717, 1.165) is 12.1 Å². The van der Waals surface area contributed by atoms with Crippen molar-refractivity contribution in [3.05, 3.63) is 12.2 Å². The summed E-state index contributed by atoms with van der Waals surface area (Å²) in [5.74, 6) is 0. The molecule has 2 aliphatic rings. The second-order valence-electron chi connectivity index (χ2n) is 4.15. The monoisotopic (exact) mass is 180 g/mol. The molecule has 0 aromatic carbocycles. The average Bonchev–Trinajstić information content (AvgIpc) is 2.71. The zero-order valence-corrected chi connectivity index (χ0v) is 8.50. The fourth-order valence-electron chi connectivity index (χ4n) is 2.36. The molecule has 0 spiro atoms. The zero-order chi connectivity index (χ0) is 9.10. The van der Waals surface area contributed by atoms with Gasteiger partial charge in [0.25, 0.3) is 0 Å². The second kappa shape index (κ2) is 4.25. The van der Waals surface area contributed by atoms with Crippen LogP contribution >= 0.6 is 0 Å². The van der Waals surface area contributed by atoms with Crippen LogP contribution in [0.15, 0.2) is 12.2 Å². The summed E-state index contributed by atoms with van der Waals surface area (Å²) < 4.78 is 0. The van der Waals surface area contributed by atoms with Gasteiger partial charge in [0.1, 0.15) is 0 Å². The van der Waals surface area contributed by atoms with Gasteiger partial charge in [-0.05, 0) is 19.3 Å². The Kier molecular flexibility index (Phi) is 3.01. The number of hydrogen-bond donors (Lipinski definition) is 1. The van der Waals surface area contributed by atoms with Crippen LogP contribution in [0.3, 0.4) is 0 Å². The van der Waals surface area contributed by atoms with Crippen LogP contribution in [-0.4, -0.2) is 36.6 Å². The largest absolute Gasteiger partial charge is 0.311 e. The summed E-state index contributed by atoms with van der Waals surface area (Å²) in [5, 5.41) is 3.56. The Hall–Kier alpha value is -0.340. The van der Waals surface area contributed by atoms with E-state index in [1.807, 2.05) is 0 Å². The van der Waals surface area contributed by atoms with Crippen molar-refractivity contribution in [3.8, 4) is 0 Å². The topological polar surface area (TPSA) is 15.3 Å². The number of nitrogens with zero attached hydrogens (tertiary/aromatic N) is 1. The molecule has 2 heteroatoms. The van der Waals surface area contributed by atoms with E-state index < -0.39 is 0 Å². The molecule has 1 saturated heterocycles. The van der Waals surface area contributed by atoms with Crippen molar-refractivity contribution in [1.82, 2.24) is 10.2 Å². The van der Waals surface area contributed by atoms with Gasteiger partial charge >= 0.3 is 0 Å². The van der Waals surface area contributed by atoms with Gasteiger partial charge in [0.15, 0.2) is 0 Å². The van der Waals surface area contributed by atoms with Crippen LogP contribution in [0.5, 0.6) is 0 Å². The lowest BCUT2D eigenvalue weighted by Crippen LogP contribution is -2.53. The van der Waals surface area contributed by atoms with Gasteiger partial charge in [-0.3, -0.25) is 4.90 Å². The summed E-state index contributed by atoms with van der Waals surface area (Å²) in [6.45, 7) is 5.94. The van der Waals surface area contributed by atoms with Gasteiger partial charge in [0, 0.05) is 31.7 Å². The van der Waals surface area contributed by atoms with Crippen LogP contribution in [0.2, 0.25) is 0 Å². The van der Waals surface area contributed by atoms with E-state index >= 15 is 0 Å². The summed E-state index contributed by atoms with van der Waals surface area (Å²) in [5.41, 5.74) is 0. The maximum absolute atomic E-state index is 3.56. The van der Waals surface area contributed by atoms with Crippen LogP contribution in [0, 0.1) is 0 Å². The lowest BCUT2D eigenvalue weighted by Gasteiger charge is -2.37. The molecule has 0 radical (unpaired) electrons. The molecule has 0 bridgehead atoms. The van der Waals surface area contributed by atoms with Crippen LogP contribution in [0.4, 0.5) is 0 Å². The van der Waals surface area contributed by atoms with Gasteiger partial charge < -0.3 is 5.32 Å². The Balaban J connectivity index is 1.85. The van der Waals surface area contributed by atoms with E-state index in [1.165, 1.54) is 38.9 Å². The van der Waals surface area contributed by atoms with Gasteiger partial charge in [0.05, 0.1) is 0 Å². The molecular weight excluding hydrogens is 160 g/mol. The average molecular weight is 180 g/mol. The van der Waals surface area contributed by atoms with E-state index in [9.17, 15) is 0 Å². The third-order valence-corrected chi connectivity index (χ3v) is 3.28. The van der Waals surface area contributed by atoms with Crippen molar-refractivity contribution < 1.29 is 0 Å². The molecule has 1 atom stereocenters. The van der Waals surface area contributed by atoms with Gasteiger partial charge in [0.2, 0.25) is 0 Å². The molecule has 0 saturated carbocycles. The molecule has 1 aliphatic carbocycles. The smallest absolute Gasteiger partial charge is 0.0193 e. The molecule has 1 heterocycles. The number of nitrogens with one attached hydrogen (secondary N) is 1. The molecule has 0 amide bonds. The van der Waals surface area contributed by atoms with Gasteiger partial charge in [-0.2, -0.15) is 0 Å². The SMILES string of the molecule is CCC1CN(C2CC=CC2)CCN1. The van der Waals surface area contributed by atoms with Crippen molar-refractivity contribution >= 4 is 0 Å². The molecule has 1 aliphatic heterocycles. The third-order valence-electron chi connectivity index (χ3n) is 3.28. The maximum atomic E-state index is 3.56. The summed E-state index contributed by atoms with van der Waals surface area (Å²) in [6, 6.07) is 1.55. The highest BCUT2D eigenvalue weighted by atomic mass is 15.2. The third kappa shape index (κ3) is 2.12. The van der Waals surface area contributed by atoms with E-state index in [0.29, 0.717) is 0 Å². The van der Waals surface area contributed by atoms with E-state index in [4.69, 9.17) is 0 Å². The minimum Gasteiger partial charge on any atom is -0.311 e. The predicted molar refractivity (Wildman–Crippen MR) is 55.8 cm³/mol. The van der Waals surface area contributed by atoms with Crippen molar-refractivity contribution in [2.75, 3.05) is 19.6 Å². The lowest BCUT2D eigenvalue weighted by molar-refractivity contribution is 0.147. The van der Waals surface area contributed by atoms with Crippen molar-refractivity contribution in [1.29, 1.82) is 0 Å². The Morgan fingerprint density at radius 2 is 2.15 bits per heavy atom. The number of rotatable bonds is 2. The molecule has 1 unspecified atom stereocenters. The molecule has 74 valence electrons. The minimum atomic E-state index is 0.731. The van der Waals surface area contributed by atoms with Gasteiger partial charge in [-0.15, -0.1) is 0 Å². The van der Waals surface area contributed by atoms with E-state index in [-0.39, 0.29) is 0 Å². The first kappa shape index (κ1) is 9.22. The highest BCUT2D eigenvalue weighted by Crippen LogP contribution is 2.18. The molecule has 2 nitrogen and oxygen atoms in total. The molecule has 13 heavy (non-hydrogen) atoms. The highest BCUT2D eigenvalue weighted by molar-refractivity contribution is 4.99. The minimum absolute atomic E-state index is 0.731. The number of hydrogen-bond acceptors (Lipinski definition) is 2. The normalized spacial score (nSPS) is 31.3. The first-order chi connectivity index (χ1) is 6.40. The molecule has 1 N–H and O–H groups in total. The zero-order valence-electron chi connectivity index (χ0n) is 8.50. The van der Waals surface area contributed by atoms with Crippen LogP contribution in [0.1, 0.15) is 26.2 Å². The van der Waals surface area contributed by atoms with Crippen LogP contribution in [-0.2, 0) is 0 Å². The molecular formula is C11H20N2. The summed E-state index contributed by atoms with van der Waals surface area (Å²) in [7, 11) is 0. The number of piperazine rings is 1. The Labute approximate surface area is 81.0 Å². The maximum Gasteiger partial charge on any atom is 0.0193 e. The van der Waals surface area contributed by atoms with Gasteiger partial charge in [-0.25, -0.2) is 0 Å².